The van der Waals surface area contributed by atoms with Gasteiger partial charge in [0.15, 0.2) is 5.82 Å². The Morgan fingerprint density at radius 3 is 2.89 bits per heavy atom. The summed E-state index contributed by atoms with van der Waals surface area (Å²) in [6.45, 7) is 0. The molecule has 1 fully saturated rings. The lowest BCUT2D eigenvalue weighted by atomic mass is 9.77. The van der Waals surface area contributed by atoms with Crippen molar-refractivity contribution in [3.05, 3.63) is 41.5 Å². The van der Waals surface area contributed by atoms with Gasteiger partial charge in [0.25, 0.3) is 0 Å². The third-order valence-electron chi connectivity index (χ3n) is 4.06. The summed E-state index contributed by atoms with van der Waals surface area (Å²) in [7, 11) is 0. The minimum atomic E-state index is -0.335. The highest BCUT2D eigenvalue weighted by Gasteiger charge is 2.40. The predicted octanol–water partition coefficient (Wildman–Crippen LogP) is 2.80. The molecule has 5 heteroatoms. The average Bonchev–Trinajstić information content (AvgIpc) is 3.02. The molecule has 2 aliphatic rings. The second-order valence-corrected chi connectivity index (χ2v) is 6.63. The highest BCUT2D eigenvalue weighted by molar-refractivity contribution is 7.99. The van der Waals surface area contributed by atoms with Crippen molar-refractivity contribution < 1.29 is 4.52 Å². The molecule has 1 aliphatic carbocycles. The molecule has 1 aromatic carbocycles. The molecule has 0 spiro atoms. The van der Waals surface area contributed by atoms with Crippen LogP contribution in [-0.4, -0.2) is 10.1 Å². The van der Waals surface area contributed by atoms with E-state index in [4.69, 9.17) is 10.3 Å². The summed E-state index contributed by atoms with van der Waals surface area (Å²) in [6, 6.07) is 8.45. The quantitative estimate of drug-likeness (QED) is 0.911. The fourth-order valence-corrected chi connectivity index (χ4v) is 3.90. The van der Waals surface area contributed by atoms with Gasteiger partial charge in [-0.1, -0.05) is 23.4 Å². The second kappa shape index (κ2) is 4.08. The van der Waals surface area contributed by atoms with Gasteiger partial charge in [-0.15, -0.1) is 11.8 Å². The number of fused-ring (bicyclic) bond motifs is 1. The van der Waals surface area contributed by atoms with Crippen LogP contribution in [0.5, 0.6) is 0 Å². The van der Waals surface area contributed by atoms with Gasteiger partial charge in [0.2, 0.25) is 5.89 Å². The van der Waals surface area contributed by atoms with E-state index in [-0.39, 0.29) is 10.8 Å². The molecule has 1 unspecified atom stereocenters. The number of benzene rings is 1. The van der Waals surface area contributed by atoms with Crippen LogP contribution in [0.2, 0.25) is 0 Å². The first-order valence-electron chi connectivity index (χ1n) is 6.62. The summed E-state index contributed by atoms with van der Waals surface area (Å²) in [6.07, 6.45) is 4.04. The maximum absolute atomic E-state index is 6.23. The van der Waals surface area contributed by atoms with Gasteiger partial charge >= 0.3 is 0 Å². The predicted molar refractivity (Wildman–Crippen MR) is 72.8 cm³/mol. The molecule has 2 aromatic rings. The Morgan fingerprint density at radius 1 is 1.32 bits per heavy atom. The second-order valence-electron chi connectivity index (χ2n) is 5.38. The average molecular weight is 273 g/mol. The molecule has 2 heterocycles. The maximum Gasteiger partial charge on any atom is 0.240 e. The third-order valence-corrected chi connectivity index (χ3v) is 5.36. The molecular weight excluding hydrogens is 258 g/mol. The molecular formula is C14H15N3OS. The Kier molecular flexibility index (Phi) is 2.47. The normalized spacial score (nSPS) is 23.9. The van der Waals surface area contributed by atoms with Crippen molar-refractivity contribution in [1.82, 2.24) is 10.1 Å². The lowest BCUT2D eigenvalue weighted by Gasteiger charge is -2.34. The summed E-state index contributed by atoms with van der Waals surface area (Å²) in [5.74, 6) is 1.40. The first-order valence-corrected chi connectivity index (χ1v) is 7.50. The van der Waals surface area contributed by atoms with Crippen molar-refractivity contribution in [3.8, 4) is 0 Å². The Hall–Kier alpha value is -1.33. The third kappa shape index (κ3) is 1.80. The van der Waals surface area contributed by atoms with E-state index in [0.717, 1.165) is 25.7 Å². The molecule has 0 saturated heterocycles. The zero-order chi connectivity index (χ0) is 12.9. The lowest BCUT2D eigenvalue weighted by molar-refractivity contribution is 0.229. The first kappa shape index (κ1) is 11.5. The molecule has 98 valence electrons. The van der Waals surface area contributed by atoms with Gasteiger partial charge < -0.3 is 10.3 Å². The van der Waals surface area contributed by atoms with Crippen LogP contribution < -0.4 is 5.73 Å². The summed E-state index contributed by atoms with van der Waals surface area (Å²) in [5.41, 5.74) is 7.26. The summed E-state index contributed by atoms with van der Waals surface area (Å²) >= 11 is 1.80. The van der Waals surface area contributed by atoms with Gasteiger partial charge in [-0.3, -0.25) is 0 Å². The number of aromatic nitrogens is 2. The first-order chi connectivity index (χ1) is 9.24. The van der Waals surface area contributed by atoms with Crippen LogP contribution in [0.3, 0.4) is 0 Å². The number of rotatable bonds is 2. The Labute approximate surface area is 115 Å². The van der Waals surface area contributed by atoms with Gasteiger partial charge in [0.05, 0.1) is 10.8 Å². The van der Waals surface area contributed by atoms with Crippen molar-refractivity contribution in [2.24, 2.45) is 5.73 Å². The van der Waals surface area contributed by atoms with Crippen LogP contribution >= 0.6 is 11.8 Å². The fraction of sp³-hybridized carbons (Fsp3) is 0.429. The monoisotopic (exact) mass is 273 g/mol. The number of hydrogen-bond donors (Lipinski definition) is 1. The molecule has 2 N–H and O–H groups in total. The molecule has 1 aromatic heterocycles. The molecule has 0 bridgehead atoms. The van der Waals surface area contributed by atoms with Crippen LogP contribution in [0.15, 0.2) is 33.7 Å². The van der Waals surface area contributed by atoms with Crippen LogP contribution in [0, 0.1) is 0 Å². The van der Waals surface area contributed by atoms with Crippen molar-refractivity contribution in [3.63, 3.8) is 0 Å². The highest BCUT2D eigenvalue weighted by Crippen LogP contribution is 2.46. The van der Waals surface area contributed by atoms with E-state index in [1.165, 1.54) is 10.5 Å². The van der Waals surface area contributed by atoms with E-state index in [9.17, 15) is 0 Å². The number of thioether (sulfide) groups is 1. The standard InChI is InChI=1S/C14H15N3OS/c15-14(6-3-7-14)13-16-12(18-17-13)11-8-9-4-1-2-5-10(9)19-11/h1-2,4-5,11H,3,6-8,15H2. The van der Waals surface area contributed by atoms with Gasteiger partial charge in [-0.2, -0.15) is 4.98 Å². The van der Waals surface area contributed by atoms with E-state index in [1.807, 2.05) is 0 Å². The zero-order valence-electron chi connectivity index (χ0n) is 10.5. The van der Waals surface area contributed by atoms with Crippen molar-refractivity contribution in [2.75, 3.05) is 0 Å². The van der Waals surface area contributed by atoms with Crippen LogP contribution in [0.25, 0.3) is 0 Å². The Bertz CT molecular complexity index is 596. The summed E-state index contributed by atoms with van der Waals surface area (Å²) in [5, 5.41) is 4.33. The number of nitrogens with two attached hydrogens (primary N) is 1. The Balaban J connectivity index is 1.59. The SMILES string of the molecule is NC1(c2noc(C3Cc4ccccc4S3)n2)CCC1. The largest absolute Gasteiger partial charge is 0.338 e. The highest BCUT2D eigenvalue weighted by atomic mass is 32.2. The molecule has 4 nitrogen and oxygen atoms in total. The number of hydrogen-bond acceptors (Lipinski definition) is 5. The van der Waals surface area contributed by atoms with Crippen molar-refractivity contribution in [1.29, 1.82) is 0 Å². The van der Waals surface area contributed by atoms with Crippen LogP contribution in [0.1, 0.15) is 41.8 Å². The molecule has 1 atom stereocenters. The van der Waals surface area contributed by atoms with E-state index in [0.29, 0.717) is 11.7 Å². The summed E-state index contributed by atoms with van der Waals surface area (Å²) < 4.78 is 5.44. The smallest absolute Gasteiger partial charge is 0.240 e. The van der Waals surface area contributed by atoms with E-state index in [2.05, 4.69) is 34.4 Å². The zero-order valence-corrected chi connectivity index (χ0v) is 11.3. The maximum atomic E-state index is 6.23. The molecule has 19 heavy (non-hydrogen) atoms. The molecule has 1 saturated carbocycles. The lowest BCUT2D eigenvalue weighted by Crippen LogP contribution is -2.44. The van der Waals surface area contributed by atoms with Gasteiger partial charge in [-0.05, 0) is 37.3 Å². The summed E-state index contributed by atoms with van der Waals surface area (Å²) in [4.78, 5) is 5.86. The topological polar surface area (TPSA) is 64.9 Å². The van der Waals surface area contributed by atoms with Crippen LogP contribution in [0.4, 0.5) is 0 Å². The minimum Gasteiger partial charge on any atom is -0.338 e. The molecule has 1 aliphatic heterocycles. The van der Waals surface area contributed by atoms with Gasteiger partial charge in [0.1, 0.15) is 0 Å². The Morgan fingerprint density at radius 2 is 2.16 bits per heavy atom. The number of nitrogens with zero attached hydrogens (tertiary/aromatic N) is 2. The van der Waals surface area contributed by atoms with Crippen molar-refractivity contribution >= 4 is 11.8 Å². The van der Waals surface area contributed by atoms with E-state index in [1.54, 1.807) is 11.8 Å². The van der Waals surface area contributed by atoms with Crippen LogP contribution in [-0.2, 0) is 12.0 Å². The molecule has 4 rings (SSSR count). The van der Waals surface area contributed by atoms with Gasteiger partial charge in [0, 0.05) is 4.90 Å². The molecule has 0 radical (unpaired) electrons. The molecule has 0 amide bonds. The van der Waals surface area contributed by atoms with Gasteiger partial charge in [-0.25, -0.2) is 0 Å². The van der Waals surface area contributed by atoms with E-state index < -0.39 is 0 Å². The van der Waals surface area contributed by atoms with Crippen molar-refractivity contribution in [2.45, 2.75) is 41.4 Å². The fourth-order valence-electron chi connectivity index (χ4n) is 2.67. The van der Waals surface area contributed by atoms with E-state index >= 15 is 0 Å². The minimum absolute atomic E-state index is 0.238.